The summed E-state index contributed by atoms with van der Waals surface area (Å²) in [4.78, 5) is 14.4. The van der Waals surface area contributed by atoms with Gasteiger partial charge in [0.05, 0.1) is 11.8 Å². The van der Waals surface area contributed by atoms with E-state index in [2.05, 4.69) is 16.3 Å². The number of carbonyl (C=O) groups excluding carboxylic acids is 1. The van der Waals surface area contributed by atoms with E-state index < -0.39 is 0 Å². The maximum Gasteiger partial charge on any atom is 0.248 e. The highest BCUT2D eigenvalue weighted by Gasteiger charge is 2.36. The summed E-state index contributed by atoms with van der Waals surface area (Å²) < 4.78 is 5.79. The van der Waals surface area contributed by atoms with Crippen LogP contribution in [0.15, 0.2) is 18.2 Å². The van der Waals surface area contributed by atoms with Gasteiger partial charge in [-0.05, 0) is 26.0 Å². The number of hydrogen-bond donors (Lipinski definition) is 1. The van der Waals surface area contributed by atoms with E-state index in [4.69, 9.17) is 4.74 Å². The maximum atomic E-state index is 12.2. The fourth-order valence-corrected chi connectivity index (χ4v) is 3.60. The fourth-order valence-electron chi connectivity index (χ4n) is 2.55. The minimum absolute atomic E-state index is 0.0412. The van der Waals surface area contributed by atoms with Gasteiger partial charge in [-0.15, -0.1) is 0 Å². The van der Waals surface area contributed by atoms with Crippen molar-refractivity contribution in [1.29, 1.82) is 0 Å². The highest BCUT2D eigenvalue weighted by molar-refractivity contribution is 7.99. The molecule has 0 radical (unpaired) electrons. The van der Waals surface area contributed by atoms with E-state index in [-0.39, 0.29) is 18.1 Å². The summed E-state index contributed by atoms with van der Waals surface area (Å²) >= 11 is 1.84. The molecule has 4 nitrogen and oxygen atoms in total. The highest BCUT2D eigenvalue weighted by Crippen LogP contribution is 2.41. The SMILES string of the molecule is CC(C)Oc1cccc2c1NC(=O)C1CSCCN21. The first kappa shape index (κ1) is 12.7. The Bertz CT molecular complexity index is 504. The minimum Gasteiger partial charge on any atom is -0.489 e. The van der Waals surface area contributed by atoms with Crippen molar-refractivity contribution in [3.8, 4) is 5.75 Å². The summed E-state index contributed by atoms with van der Waals surface area (Å²) in [5, 5.41) is 3.01. The molecule has 1 saturated heterocycles. The number of fused-ring (bicyclic) bond motifs is 3. The van der Waals surface area contributed by atoms with Crippen LogP contribution in [0, 0.1) is 0 Å². The topological polar surface area (TPSA) is 41.6 Å². The van der Waals surface area contributed by atoms with Gasteiger partial charge in [-0.3, -0.25) is 4.79 Å². The van der Waals surface area contributed by atoms with Crippen molar-refractivity contribution in [1.82, 2.24) is 0 Å². The Morgan fingerprint density at radius 1 is 1.47 bits per heavy atom. The largest absolute Gasteiger partial charge is 0.489 e. The van der Waals surface area contributed by atoms with Crippen molar-refractivity contribution in [2.45, 2.75) is 26.0 Å². The van der Waals surface area contributed by atoms with E-state index in [1.54, 1.807) is 0 Å². The van der Waals surface area contributed by atoms with Gasteiger partial charge in [-0.1, -0.05) is 6.07 Å². The molecule has 1 atom stereocenters. The number of nitrogens with zero attached hydrogens (tertiary/aromatic N) is 1. The van der Waals surface area contributed by atoms with Crippen LogP contribution in [-0.2, 0) is 4.79 Å². The molecule has 1 fully saturated rings. The zero-order valence-electron chi connectivity index (χ0n) is 11.2. The van der Waals surface area contributed by atoms with E-state index in [0.29, 0.717) is 0 Å². The van der Waals surface area contributed by atoms with Crippen LogP contribution in [0.1, 0.15) is 13.8 Å². The van der Waals surface area contributed by atoms with Gasteiger partial charge in [-0.2, -0.15) is 11.8 Å². The van der Waals surface area contributed by atoms with E-state index in [0.717, 1.165) is 35.2 Å². The molecule has 1 amide bonds. The number of hydrogen-bond acceptors (Lipinski definition) is 4. The lowest BCUT2D eigenvalue weighted by atomic mass is 10.1. The average Bonchev–Trinajstić information content (AvgIpc) is 2.40. The van der Waals surface area contributed by atoms with Gasteiger partial charge in [0.2, 0.25) is 5.91 Å². The average molecular weight is 278 g/mol. The van der Waals surface area contributed by atoms with Crippen molar-refractivity contribution in [3.05, 3.63) is 18.2 Å². The number of rotatable bonds is 2. The predicted molar refractivity (Wildman–Crippen MR) is 79.3 cm³/mol. The smallest absolute Gasteiger partial charge is 0.248 e. The molecular weight excluding hydrogens is 260 g/mol. The van der Waals surface area contributed by atoms with Crippen LogP contribution in [0.25, 0.3) is 0 Å². The number of para-hydroxylation sites is 1. The van der Waals surface area contributed by atoms with E-state index in [1.807, 2.05) is 37.7 Å². The molecule has 3 rings (SSSR count). The van der Waals surface area contributed by atoms with Crippen molar-refractivity contribution in [2.24, 2.45) is 0 Å². The molecule has 0 aliphatic carbocycles. The number of nitrogens with one attached hydrogen (secondary N) is 1. The maximum absolute atomic E-state index is 12.2. The first-order valence-corrected chi connectivity index (χ1v) is 7.77. The molecule has 2 aliphatic heterocycles. The molecule has 19 heavy (non-hydrogen) atoms. The standard InChI is InChI=1S/C14H18N2O2S/c1-9(2)18-12-5-3-4-10-13(12)15-14(17)11-8-19-7-6-16(10)11/h3-5,9,11H,6-8H2,1-2H3,(H,15,17). The van der Waals surface area contributed by atoms with Crippen LogP contribution in [0.4, 0.5) is 11.4 Å². The molecule has 0 bridgehead atoms. The van der Waals surface area contributed by atoms with Crippen molar-refractivity contribution in [2.75, 3.05) is 28.3 Å². The second-order valence-corrected chi connectivity index (χ2v) is 6.24. The van der Waals surface area contributed by atoms with Gasteiger partial charge in [0.15, 0.2) is 0 Å². The molecule has 0 aromatic heterocycles. The second kappa shape index (κ2) is 4.96. The van der Waals surface area contributed by atoms with Gasteiger partial charge in [0.1, 0.15) is 17.5 Å². The van der Waals surface area contributed by atoms with Gasteiger partial charge < -0.3 is 15.0 Å². The van der Waals surface area contributed by atoms with Gasteiger partial charge in [0.25, 0.3) is 0 Å². The summed E-state index contributed by atoms with van der Waals surface area (Å²) in [6.45, 7) is 4.90. The molecular formula is C14H18N2O2S. The predicted octanol–water partition coefficient (Wildman–Crippen LogP) is 2.35. The molecule has 1 aromatic rings. The van der Waals surface area contributed by atoms with Gasteiger partial charge in [0, 0.05) is 18.1 Å². The minimum atomic E-state index is -0.0412. The van der Waals surface area contributed by atoms with E-state index in [9.17, 15) is 4.79 Å². The molecule has 1 aromatic carbocycles. The monoisotopic (exact) mass is 278 g/mol. The first-order chi connectivity index (χ1) is 9.16. The Morgan fingerprint density at radius 3 is 3.11 bits per heavy atom. The third-order valence-electron chi connectivity index (χ3n) is 3.36. The number of benzene rings is 1. The second-order valence-electron chi connectivity index (χ2n) is 5.09. The quantitative estimate of drug-likeness (QED) is 0.901. The Labute approximate surface area is 117 Å². The number of thioether (sulfide) groups is 1. The lowest BCUT2D eigenvalue weighted by Crippen LogP contribution is -2.52. The molecule has 2 aliphatic rings. The number of anilines is 2. The molecule has 102 valence electrons. The first-order valence-electron chi connectivity index (χ1n) is 6.61. The number of carbonyl (C=O) groups is 1. The van der Waals surface area contributed by atoms with Crippen molar-refractivity contribution < 1.29 is 9.53 Å². The van der Waals surface area contributed by atoms with E-state index in [1.165, 1.54) is 0 Å². The Balaban J connectivity index is 2.01. The van der Waals surface area contributed by atoms with Crippen LogP contribution in [0.2, 0.25) is 0 Å². The Hall–Kier alpha value is -1.36. The fraction of sp³-hybridized carbons (Fsp3) is 0.500. The summed E-state index contributed by atoms with van der Waals surface area (Å²) in [5.41, 5.74) is 1.91. The zero-order chi connectivity index (χ0) is 13.4. The van der Waals surface area contributed by atoms with Crippen molar-refractivity contribution >= 4 is 29.0 Å². The van der Waals surface area contributed by atoms with Gasteiger partial charge in [-0.25, -0.2) is 0 Å². The molecule has 1 N–H and O–H groups in total. The van der Waals surface area contributed by atoms with Crippen LogP contribution in [0.3, 0.4) is 0 Å². The molecule has 1 unspecified atom stereocenters. The van der Waals surface area contributed by atoms with Crippen LogP contribution in [-0.4, -0.2) is 36.1 Å². The normalized spacial score (nSPS) is 21.7. The van der Waals surface area contributed by atoms with Crippen LogP contribution < -0.4 is 15.0 Å². The van der Waals surface area contributed by atoms with Crippen LogP contribution >= 0.6 is 11.8 Å². The number of ether oxygens (including phenoxy) is 1. The molecule has 2 heterocycles. The Kier molecular flexibility index (Phi) is 3.31. The Morgan fingerprint density at radius 2 is 2.32 bits per heavy atom. The summed E-state index contributed by atoms with van der Waals surface area (Å²) in [7, 11) is 0. The molecule has 0 saturated carbocycles. The zero-order valence-corrected chi connectivity index (χ0v) is 12.0. The van der Waals surface area contributed by atoms with Crippen LogP contribution in [0.5, 0.6) is 5.75 Å². The lowest BCUT2D eigenvalue weighted by Gasteiger charge is -2.41. The molecule has 5 heteroatoms. The third-order valence-corrected chi connectivity index (χ3v) is 4.38. The number of amides is 1. The highest BCUT2D eigenvalue weighted by atomic mass is 32.2. The lowest BCUT2D eigenvalue weighted by molar-refractivity contribution is -0.117. The molecule has 0 spiro atoms. The van der Waals surface area contributed by atoms with Crippen molar-refractivity contribution in [3.63, 3.8) is 0 Å². The van der Waals surface area contributed by atoms with E-state index >= 15 is 0 Å². The summed E-state index contributed by atoms with van der Waals surface area (Å²) in [6.07, 6.45) is 0.0954. The summed E-state index contributed by atoms with van der Waals surface area (Å²) in [5.74, 6) is 2.77. The third kappa shape index (κ3) is 2.27. The van der Waals surface area contributed by atoms with Gasteiger partial charge >= 0.3 is 0 Å². The summed E-state index contributed by atoms with van der Waals surface area (Å²) in [6, 6.07) is 5.93.